The highest BCUT2D eigenvalue weighted by molar-refractivity contribution is 6.63. The molecule has 3 fully saturated rings. The van der Waals surface area contributed by atoms with Crippen molar-refractivity contribution in [3.05, 3.63) is 0 Å². The molecule has 9 heavy (non-hydrogen) atoms. The average molecular weight is 135 g/mol. The van der Waals surface area contributed by atoms with Crippen LogP contribution in [0, 0.1) is 5.92 Å². The zero-order valence-corrected chi connectivity index (χ0v) is 4.91. The first-order chi connectivity index (χ1) is 4.04. The standard InChI is InChI=1S/C5H7BF3/c7-6(8,9)5-1-4(2-5)3-5/h4H,1-3H2/q-1. The van der Waals surface area contributed by atoms with Crippen LogP contribution in [0.3, 0.4) is 0 Å². The largest absolute Gasteiger partial charge is 0.484 e. The second-order valence-corrected chi connectivity index (χ2v) is 3.42. The van der Waals surface area contributed by atoms with E-state index in [2.05, 4.69) is 0 Å². The third-order valence-electron chi connectivity index (χ3n) is 2.78. The fourth-order valence-corrected chi connectivity index (χ4v) is 1.95. The predicted molar refractivity (Wildman–Crippen MR) is 29.1 cm³/mol. The Bertz CT molecular complexity index is 134. The van der Waals surface area contributed by atoms with Crippen molar-refractivity contribution in [3.63, 3.8) is 0 Å². The van der Waals surface area contributed by atoms with E-state index in [-0.39, 0.29) is 0 Å². The quantitative estimate of drug-likeness (QED) is 0.484. The minimum atomic E-state index is -4.50. The Morgan fingerprint density at radius 2 is 1.56 bits per heavy atom. The van der Waals surface area contributed by atoms with Crippen LogP contribution in [0.5, 0.6) is 0 Å². The Balaban J connectivity index is 2.13. The van der Waals surface area contributed by atoms with Crippen LogP contribution in [0.25, 0.3) is 0 Å². The van der Waals surface area contributed by atoms with Gasteiger partial charge in [0.15, 0.2) is 0 Å². The van der Waals surface area contributed by atoms with Gasteiger partial charge in [0.05, 0.1) is 0 Å². The first kappa shape index (κ1) is 5.63. The highest BCUT2D eigenvalue weighted by Crippen LogP contribution is 2.75. The summed E-state index contributed by atoms with van der Waals surface area (Å²) in [4.78, 5) is 0. The van der Waals surface area contributed by atoms with Gasteiger partial charge in [-0.2, -0.15) is 0 Å². The number of halogens is 3. The van der Waals surface area contributed by atoms with Gasteiger partial charge < -0.3 is 12.9 Å². The normalized spacial score (nSPS) is 47.7. The molecule has 2 bridgehead atoms. The molecular weight excluding hydrogens is 128 g/mol. The molecule has 0 aromatic rings. The zero-order chi connectivity index (χ0) is 6.70. The first-order valence-electron chi connectivity index (χ1n) is 3.23. The summed E-state index contributed by atoms with van der Waals surface area (Å²) in [5.74, 6) is 0.438. The van der Waals surface area contributed by atoms with Gasteiger partial charge in [-0.3, -0.25) is 0 Å². The van der Waals surface area contributed by atoms with Gasteiger partial charge >= 0.3 is 6.98 Å². The summed E-state index contributed by atoms with van der Waals surface area (Å²) in [5.41, 5.74) is 0. The third kappa shape index (κ3) is 0.473. The van der Waals surface area contributed by atoms with Crippen molar-refractivity contribution in [1.82, 2.24) is 0 Å². The Labute approximate surface area is 51.5 Å². The van der Waals surface area contributed by atoms with E-state index in [1.807, 2.05) is 0 Å². The van der Waals surface area contributed by atoms with Gasteiger partial charge in [-0.15, -0.1) is 0 Å². The molecule has 0 unspecified atom stereocenters. The van der Waals surface area contributed by atoms with Gasteiger partial charge in [0.25, 0.3) is 0 Å². The molecule has 3 saturated carbocycles. The molecule has 0 heterocycles. The maximum Gasteiger partial charge on any atom is 0.484 e. The van der Waals surface area contributed by atoms with E-state index in [0.717, 1.165) is 0 Å². The fourth-order valence-electron chi connectivity index (χ4n) is 1.95. The van der Waals surface area contributed by atoms with Crippen molar-refractivity contribution in [3.8, 4) is 0 Å². The molecule has 3 aliphatic carbocycles. The monoisotopic (exact) mass is 135 g/mol. The van der Waals surface area contributed by atoms with E-state index >= 15 is 0 Å². The van der Waals surface area contributed by atoms with E-state index < -0.39 is 12.3 Å². The Morgan fingerprint density at radius 1 is 1.11 bits per heavy atom. The van der Waals surface area contributed by atoms with Crippen LogP contribution in [0.15, 0.2) is 0 Å². The molecule has 3 rings (SSSR count). The molecule has 0 spiro atoms. The van der Waals surface area contributed by atoms with E-state index in [1.54, 1.807) is 0 Å². The van der Waals surface area contributed by atoms with Crippen LogP contribution in [0.4, 0.5) is 12.9 Å². The summed E-state index contributed by atoms with van der Waals surface area (Å²) < 4.78 is 36.0. The van der Waals surface area contributed by atoms with E-state index in [4.69, 9.17) is 0 Å². The molecule has 0 aromatic heterocycles. The lowest BCUT2D eigenvalue weighted by molar-refractivity contribution is 0.00212. The lowest BCUT2D eigenvalue weighted by Gasteiger charge is -2.67. The molecule has 0 N–H and O–H groups in total. The molecule has 0 atom stereocenters. The zero-order valence-electron chi connectivity index (χ0n) is 4.91. The molecule has 0 amide bonds. The summed E-state index contributed by atoms with van der Waals surface area (Å²) in [6.07, 6.45) is 1.32. The molecule has 0 saturated heterocycles. The second-order valence-electron chi connectivity index (χ2n) is 3.42. The molecule has 0 radical (unpaired) electrons. The Kier molecular flexibility index (Phi) is 0.724. The molecule has 0 nitrogen and oxygen atoms in total. The fraction of sp³-hybridized carbons (Fsp3) is 1.00. The Morgan fingerprint density at radius 3 is 1.56 bits per heavy atom. The molecule has 3 aliphatic rings. The lowest BCUT2D eigenvalue weighted by atomic mass is 9.30. The highest BCUT2D eigenvalue weighted by Gasteiger charge is 2.65. The third-order valence-corrected chi connectivity index (χ3v) is 2.78. The van der Waals surface area contributed by atoms with Gasteiger partial charge in [0.1, 0.15) is 0 Å². The maximum atomic E-state index is 12.0. The Hall–Kier alpha value is -0.145. The summed E-state index contributed by atoms with van der Waals surface area (Å²) in [6.45, 7) is -4.50. The van der Waals surface area contributed by atoms with Crippen molar-refractivity contribution >= 4 is 6.98 Å². The highest BCUT2D eigenvalue weighted by atomic mass is 19.4. The average Bonchev–Trinajstić information content (AvgIpc) is 1.08. The van der Waals surface area contributed by atoms with Crippen molar-refractivity contribution in [2.75, 3.05) is 0 Å². The van der Waals surface area contributed by atoms with Crippen molar-refractivity contribution in [1.29, 1.82) is 0 Å². The van der Waals surface area contributed by atoms with E-state index in [9.17, 15) is 12.9 Å². The maximum absolute atomic E-state index is 12.0. The molecular formula is C5H7BF3-. The minimum absolute atomic E-state index is 0.438. The van der Waals surface area contributed by atoms with Gasteiger partial charge in [-0.1, -0.05) is 24.6 Å². The number of hydrogen-bond acceptors (Lipinski definition) is 0. The summed E-state index contributed by atoms with van der Waals surface area (Å²) in [5, 5.41) is -1.13. The van der Waals surface area contributed by atoms with E-state index in [0.29, 0.717) is 25.2 Å². The van der Waals surface area contributed by atoms with Gasteiger partial charge in [0.2, 0.25) is 0 Å². The van der Waals surface area contributed by atoms with Crippen molar-refractivity contribution in [2.45, 2.75) is 24.6 Å². The predicted octanol–water partition coefficient (Wildman–Crippen LogP) is 2.39. The minimum Gasteiger partial charge on any atom is -0.449 e. The van der Waals surface area contributed by atoms with Gasteiger partial charge in [-0.05, 0) is 5.92 Å². The number of hydrogen-bond donors (Lipinski definition) is 0. The molecule has 0 aliphatic heterocycles. The topological polar surface area (TPSA) is 0 Å². The smallest absolute Gasteiger partial charge is 0.449 e. The van der Waals surface area contributed by atoms with Crippen molar-refractivity contribution in [2.24, 2.45) is 5.92 Å². The summed E-state index contributed by atoms with van der Waals surface area (Å²) in [7, 11) is 0. The van der Waals surface area contributed by atoms with Crippen LogP contribution in [0.2, 0.25) is 5.31 Å². The van der Waals surface area contributed by atoms with Gasteiger partial charge in [-0.25, -0.2) is 0 Å². The molecule has 4 heteroatoms. The van der Waals surface area contributed by atoms with E-state index in [1.165, 1.54) is 0 Å². The van der Waals surface area contributed by atoms with Crippen LogP contribution < -0.4 is 0 Å². The number of rotatable bonds is 1. The SMILES string of the molecule is F[B-](F)(F)C12CC(C1)C2. The molecule has 52 valence electrons. The molecule has 0 aromatic carbocycles. The lowest BCUT2D eigenvalue weighted by Crippen LogP contribution is -2.57. The van der Waals surface area contributed by atoms with Crippen molar-refractivity contribution < 1.29 is 12.9 Å². The van der Waals surface area contributed by atoms with Crippen LogP contribution in [0.1, 0.15) is 19.3 Å². The van der Waals surface area contributed by atoms with Crippen LogP contribution in [-0.2, 0) is 0 Å². The summed E-state index contributed by atoms with van der Waals surface area (Å²) in [6, 6.07) is 0. The van der Waals surface area contributed by atoms with Crippen LogP contribution in [-0.4, -0.2) is 6.98 Å². The second kappa shape index (κ2) is 1.16. The first-order valence-corrected chi connectivity index (χ1v) is 3.23. The van der Waals surface area contributed by atoms with Crippen LogP contribution >= 0.6 is 0 Å². The summed E-state index contributed by atoms with van der Waals surface area (Å²) >= 11 is 0. The van der Waals surface area contributed by atoms with Gasteiger partial charge in [0, 0.05) is 0 Å².